The highest BCUT2D eigenvalue weighted by molar-refractivity contribution is 7.89. The van der Waals surface area contributed by atoms with Gasteiger partial charge in [-0.2, -0.15) is 0 Å². The number of nitrogens with one attached hydrogen (secondary N) is 2. The number of para-hydroxylation sites is 1. The molecule has 2 unspecified atom stereocenters. The second kappa shape index (κ2) is 7.02. The summed E-state index contributed by atoms with van der Waals surface area (Å²) in [4.78, 5) is 0.225. The van der Waals surface area contributed by atoms with Gasteiger partial charge >= 0.3 is 0 Å². The molecule has 0 radical (unpaired) electrons. The number of sulfonamides is 1. The Bertz CT molecular complexity index is 544. The third kappa shape index (κ3) is 4.59. The number of rotatable bonds is 7. The maximum Gasteiger partial charge on any atom is 0.242 e. The molecule has 0 fully saturated rings. The lowest BCUT2D eigenvalue weighted by atomic mass is 10.3. The summed E-state index contributed by atoms with van der Waals surface area (Å²) in [7, 11) is -2.79. The molecule has 2 atom stereocenters. The van der Waals surface area contributed by atoms with E-state index in [1.807, 2.05) is 6.92 Å². The summed E-state index contributed by atoms with van der Waals surface area (Å²) in [5.74, 6) is 0. The quantitative estimate of drug-likeness (QED) is 0.793. The van der Waals surface area contributed by atoms with Crippen molar-refractivity contribution in [2.24, 2.45) is 0 Å². The average molecular weight is 304 g/mol. The van der Waals surface area contributed by atoms with Gasteiger partial charge in [-0.15, -0.1) is 0 Å². The van der Waals surface area contributed by atoms with Crippen LogP contribution in [0, 0.1) is 0 Å². The van der Waals surface area contributed by atoms with Crippen LogP contribution in [0.1, 0.15) is 13.3 Å². The molecule has 0 amide bonds. The zero-order chi connectivity index (χ0) is 14.5. The van der Waals surface area contributed by atoms with Crippen molar-refractivity contribution in [3.05, 3.63) is 24.3 Å². The lowest BCUT2D eigenvalue weighted by molar-refractivity contribution is 0.578. The number of benzene rings is 1. The zero-order valence-electron chi connectivity index (χ0n) is 11.3. The van der Waals surface area contributed by atoms with Crippen LogP contribution in [0.2, 0.25) is 0 Å². The number of hydrogen-bond donors (Lipinski definition) is 2. The van der Waals surface area contributed by atoms with Gasteiger partial charge < -0.3 is 5.32 Å². The molecular weight excluding hydrogens is 284 g/mol. The molecule has 7 heteroatoms. The normalized spacial score (nSPS) is 14.9. The van der Waals surface area contributed by atoms with E-state index in [9.17, 15) is 12.6 Å². The smallest absolute Gasteiger partial charge is 0.242 e. The minimum atomic E-state index is -3.54. The molecule has 0 aliphatic heterocycles. The van der Waals surface area contributed by atoms with Gasteiger partial charge in [0.25, 0.3) is 0 Å². The minimum absolute atomic E-state index is 0.0257. The molecule has 0 aromatic heterocycles. The van der Waals surface area contributed by atoms with Crippen LogP contribution in [0.3, 0.4) is 0 Å². The standard InChI is InChI=1S/C12H20N2O3S2/c1-10(18(3)15)8-9-14-19(16,17)12-7-5-4-6-11(12)13-2/h4-7,10,13-14H,8-9H2,1-3H3. The van der Waals surface area contributed by atoms with Crippen molar-refractivity contribution in [3.63, 3.8) is 0 Å². The molecule has 0 aliphatic rings. The molecule has 0 bridgehead atoms. The summed E-state index contributed by atoms with van der Waals surface area (Å²) in [5, 5.41) is 2.83. The maximum atomic E-state index is 12.1. The van der Waals surface area contributed by atoms with Crippen molar-refractivity contribution >= 4 is 26.5 Å². The molecule has 0 aliphatic carbocycles. The Kier molecular flexibility index (Phi) is 5.96. The highest BCUT2D eigenvalue weighted by atomic mass is 32.2. The summed E-state index contributed by atoms with van der Waals surface area (Å²) in [6.07, 6.45) is 2.17. The third-order valence-electron chi connectivity index (χ3n) is 2.86. The van der Waals surface area contributed by atoms with Gasteiger partial charge in [-0.3, -0.25) is 4.21 Å². The highest BCUT2D eigenvalue weighted by Gasteiger charge is 2.17. The van der Waals surface area contributed by atoms with E-state index in [0.717, 1.165) is 0 Å². The van der Waals surface area contributed by atoms with Crippen LogP contribution in [-0.4, -0.2) is 37.7 Å². The van der Waals surface area contributed by atoms with E-state index in [2.05, 4.69) is 10.0 Å². The largest absolute Gasteiger partial charge is 0.387 e. The van der Waals surface area contributed by atoms with Gasteiger partial charge in [0.1, 0.15) is 4.90 Å². The van der Waals surface area contributed by atoms with E-state index < -0.39 is 20.8 Å². The fourth-order valence-electron chi connectivity index (χ4n) is 1.55. The first-order valence-corrected chi connectivity index (χ1v) is 9.07. The topological polar surface area (TPSA) is 75.3 Å². The van der Waals surface area contributed by atoms with Crippen LogP contribution in [0.5, 0.6) is 0 Å². The second-order valence-corrected chi connectivity index (χ2v) is 7.78. The molecule has 1 aromatic rings. The first-order valence-electron chi connectivity index (χ1n) is 5.97. The number of anilines is 1. The predicted octanol–water partition coefficient (Wildman–Crippen LogP) is 1.16. The van der Waals surface area contributed by atoms with Gasteiger partial charge in [-0.25, -0.2) is 13.1 Å². The lowest BCUT2D eigenvalue weighted by Crippen LogP contribution is -2.28. The van der Waals surface area contributed by atoms with E-state index in [-0.39, 0.29) is 16.7 Å². The van der Waals surface area contributed by atoms with Gasteiger partial charge in [0.15, 0.2) is 0 Å². The molecule has 1 aromatic carbocycles. The van der Waals surface area contributed by atoms with E-state index >= 15 is 0 Å². The van der Waals surface area contributed by atoms with Gasteiger partial charge in [0, 0.05) is 35.9 Å². The first kappa shape index (κ1) is 16.1. The summed E-state index contributed by atoms with van der Waals surface area (Å²) >= 11 is 0. The van der Waals surface area contributed by atoms with Gasteiger partial charge in [-0.1, -0.05) is 19.1 Å². The summed E-state index contributed by atoms with van der Waals surface area (Å²) in [5.41, 5.74) is 0.558. The Morgan fingerprint density at radius 1 is 1.32 bits per heavy atom. The fraction of sp³-hybridized carbons (Fsp3) is 0.500. The SMILES string of the molecule is CNc1ccccc1S(=O)(=O)NCCC(C)S(C)=O. The van der Waals surface area contributed by atoms with Crippen LogP contribution in [0.15, 0.2) is 29.2 Å². The minimum Gasteiger partial charge on any atom is -0.387 e. The maximum absolute atomic E-state index is 12.1. The first-order chi connectivity index (χ1) is 8.88. The van der Waals surface area contributed by atoms with Crippen molar-refractivity contribution < 1.29 is 12.6 Å². The number of hydrogen-bond acceptors (Lipinski definition) is 4. The highest BCUT2D eigenvalue weighted by Crippen LogP contribution is 2.19. The monoisotopic (exact) mass is 304 g/mol. The molecule has 5 nitrogen and oxygen atoms in total. The van der Waals surface area contributed by atoms with Crippen molar-refractivity contribution in [1.82, 2.24) is 4.72 Å². The Balaban J connectivity index is 2.74. The van der Waals surface area contributed by atoms with Crippen molar-refractivity contribution in [1.29, 1.82) is 0 Å². The van der Waals surface area contributed by atoms with Crippen molar-refractivity contribution in [3.8, 4) is 0 Å². The summed E-state index contributed by atoms with van der Waals surface area (Å²) < 4.78 is 38.0. The molecule has 0 heterocycles. The summed E-state index contributed by atoms with van der Waals surface area (Å²) in [6, 6.07) is 6.71. The summed E-state index contributed by atoms with van der Waals surface area (Å²) in [6.45, 7) is 2.12. The van der Waals surface area contributed by atoms with E-state index in [1.54, 1.807) is 37.6 Å². The molecule has 0 saturated carbocycles. The van der Waals surface area contributed by atoms with Crippen LogP contribution in [-0.2, 0) is 20.8 Å². The van der Waals surface area contributed by atoms with Crippen LogP contribution in [0.25, 0.3) is 0 Å². The second-order valence-electron chi connectivity index (χ2n) is 4.24. The van der Waals surface area contributed by atoms with Gasteiger partial charge in [0.2, 0.25) is 10.0 Å². The van der Waals surface area contributed by atoms with Crippen LogP contribution < -0.4 is 10.0 Å². The average Bonchev–Trinajstić information content (AvgIpc) is 2.38. The molecule has 108 valence electrons. The van der Waals surface area contributed by atoms with Crippen molar-refractivity contribution in [2.45, 2.75) is 23.5 Å². The predicted molar refractivity (Wildman–Crippen MR) is 79.3 cm³/mol. The van der Waals surface area contributed by atoms with Gasteiger partial charge in [0.05, 0.1) is 5.69 Å². The van der Waals surface area contributed by atoms with Gasteiger partial charge in [-0.05, 0) is 18.6 Å². The van der Waals surface area contributed by atoms with E-state index in [4.69, 9.17) is 0 Å². The Labute approximate surface area is 117 Å². The Morgan fingerprint density at radius 2 is 1.95 bits per heavy atom. The fourth-order valence-corrected chi connectivity index (χ4v) is 3.26. The Morgan fingerprint density at radius 3 is 2.53 bits per heavy atom. The van der Waals surface area contributed by atoms with Crippen LogP contribution in [0.4, 0.5) is 5.69 Å². The van der Waals surface area contributed by atoms with E-state index in [0.29, 0.717) is 12.1 Å². The molecule has 19 heavy (non-hydrogen) atoms. The molecule has 0 saturated heterocycles. The molecule has 0 spiro atoms. The van der Waals surface area contributed by atoms with E-state index in [1.165, 1.54) is 0 Å². The Hall–Kier alpha value is -0.920. The molecule has 2 N–H and O–H groups in total. The third-order valence-corrected chi connectivity index (χ3v) is 5.74. The van der Waals surface area contributed by atoms with Crippen molar-refractivity contribution in [2.75, 3.05) is 25.2 Å². The zero-order valence-corrected chi connectivity index (χ0v) is 13.0. The lowest BCUT2D eigenvalue weighted by Gasteiger charge is -2.12. The molecule has 1 rings (SSSR count). The molecular formula is C12H20N2O3S2. The van der Waals surface area contributed by atoms with Crippen LogP contribution >= 0.6 is 0 Å².